The van der Waals surface area contributed by atoms with E-state index < -0.39 is 27.8 Å². The van der Waals surface area contributed by atoms with Gasteiger partial charge in [0.05, 0.1) is 30.7 Å². The quantitative estimate of drug-likeness (QED) is 0.300. The van der Waals surface area contributed by atoms with Crippen LogP contribution in [0, 0.1) is 0 Å². The van der Waals surface area contributed by atoms with Crippen LogP contribution in [0.5, 0.6) is 17.2 Å². The van der Waals surface area contributed by atoms with Gasteiger partial charge in [0.15, 0.2) is 11.5 Å². The van der Waals surface area contributed by atoms with E-state index in [0.29, 0.717) is 36.6 Å². The summed E-state index contributed by atoms with van der Waals surface area (Å²) in [6.07, 6.45) is -4.05. The highest BCUT2D eigenvalue weighted by molar-refractivity contribution is 7.89. The predicted octanol–water partition coefficient (Wildman–Crippen LogP) is 5.57. The van der Waals surface area contributed by atoms with Crippen molar-refractivity contribution in [3.8, 4) is 17.2 Å². The van der Waals surface area contributed by atoms with E-state index in [1.165, 1.54) is 54.9 Å². The molecule has 0 N–H and O–H groups in total. The van der Waals surface area contributed by atoms with Crippen LogP contribution < -0.4 is 14.2 Å². The van der Waals surface area contributed by atoms with E-state index in [4.69, 9.17) is 14.2 Å². The Balaban J connectivity index is 1.68. The van der Waals surface area contributed by atoms with E-state index >= 15 is 0 Å². The molecule has 1 aliphatic heterocycles. The zero-order valence-corrected chi connectivity index (χ0v) is 24.6. The molecule has 0 bridgehead atoms. The third kappa shape index (κ3) is 6.34. The van der Waals surface area contributed by atoms with E-state index in [-0.39, 0.29) is 35.3 Å². The van der Waals surface area contributed by atoms with E-state index in [9.17, 15) is 26.4 Å². The Morgan fingerprint density at radius 3 is 2.21 bits per heavy atom. The van der Waals surface area contributed by atoms with Gasteiger partial charge in [-0.3, -0.25) is 4.79 Å². The summed E-state index contributed by atoms with van der Waals surface area (Å²) < 4.78 is 83.7. The van der Waals surface area contributed by atoms with Gasteiger partial charge in [-0.15, -0.1) is 0 Å². The largest absolute Gasteiger partial charge is 0.493 e. The number of carbonyl (C=O) groups excluding carboxylic acids is 1. The van der Waals surface area contributed by atoms with Crippen LogP contribution >= 0.6 is 0 Å². The SMILES string of the molecule is CCN(CC)S(=O)(=O)c1ccc(C(=O)N2CCc3cc(OC)c(OC)cc3[C@@H]2COc2cccc(C(F)(F)F)c2)cc1. The van der Waals surface area contributed by atoms with Gasteiger partial charge >= 0.3 is 6.18 Å². The summed E-state index contributed by atoms with van der Waals surface area (Å²) in [5.74, 6) is 0.579. The van der Waals surface area contributed by atoms with Crippen LogP contribution in [0.2, 0.25) is 0 Å². The second kappa shape index (κ2) is 12.6. The van der Waals surface area contributed by atoms with Crippen molar-refractivity contribution in [2.24, 2.45) is 0 Å². The Bertz CT molecular complexity index is 1520. The Labute approximate surface area is 243 Å². The first kappa shape index (κ1) is 31.2. The number of hydrogen-bond donors (Lipinski definition) is 0. The number of alkyl halides is 3. The van der Waals surface area contributed by atoms with Crippen LogP contribution in [0.3, 0.4) is 0 Å². The van der Waals surface area contributed by atoms with Gasteiger partial charge < -0.3 is 19.1 Å². The lowest BCUT2D eigenvalue weighted by Crippen LogP contribution is -2.42. The maximum Gasteiger partial charge on any atom is 0.416 e. The van der Waals surface area contributed by atoms with E-state index in [1.54, 1.807) is 24.8 Å². The number of nitrogens with zero attached hydrogens (tertiary/aromatic N) is 2. The van der Waals surface area contributed by atoms with Crippen LogP contribution in [-0.4, -0.2) is 64.0 Å². The van der Waals surface area contributed by atoms with Gasteiger partial charge in [0.1, 0.15) is 12.4 Å². The molecule has 0 radical (unpaired) electrons. The maximum atomic E-state index is 13.8. The minimum absolute atomic E-state index is 0.00999. The molecule has 3 aromatic carbocycles. The summed E-state index contributed by atoms with van der Waals surface area (Å²) in [6, 6.07) is 13.2. The molecule has 0 saturated heterocycles. The number of hydrogen-bond acceptors (Lipinski definition) is 6. The van der Waals surface area contributed by atoms with Crippen molar-refractivity contribution in [2.75, 3.05) is 40.5 Å². The molecule has 42 heavy (non-hydrogen) atoms. The van der Waals surface area contributed by atoms with Gasteiger partial charge in [-0.25, -0.2) is 8.42 Å². The maximum absolute atomic E-state index is 13.8. The standard InChI is InChI=1S/C30H33F3N2O6S/c1-5-34(6-2)42(37,38)24-12-10-20(11-13-24)29(36)35-15-14-21-16-27(39-3)28(40-4)18-25(21)26(35)19-41-23-9-7-8-22(17-23)30(31,32)33/h7-13,16-18,26H,5-6,14-15,19H2,1-4H3/t26-/m0/s1. The van der Waals surface area contributed by atoms with E-state index in [1.807, 2.05) is 6.07 Å². The second-order valence-corrected chi connectivity index (χ2v) is 11.6. The van der Waals surface area contributed by atoms with Crippen molar-refractivity contribution in [3.05, 3.63) is 82.9 Å². The first-order valence-corrected chi connectivity index (χ1v) is 14.8. The zero-order chi connectivity index (χ0) is 30.7. The number of fused-ring (bicyclic) bond motifs is 1. The van der Waals surface area contributed by atoms with Crippen LogP contribution in [0.4, 0.5) is 13.2 Å². The summed E-state index contributed by atoms with van der Waals surface area (Å²) in [4.78, 5) is 15.5. The van der Waals surface area contributed by atoms with Crippen molar-refractivity contribution >= 4 is 15.9 Å². The molecule has 1 heterocycles. The molecular weight excluding hydrogens is 573 g/mol. The molecule has 0 spiro atoms. The van der Waals surface area contributed by atoms with Crippen molar-refractivity contribution in [3.63, 3.8) is 0 Å². The number of sulfonamides is 1. The monoisotopic (exact) mass is 606 g/mol. The minimum atomic E-state index is -4.53. The number of amides is 1. The third-order valence-electron chi connectivity index (χ3n) is 7.28. The fraction of sp³-hybridized carbons (Fsp3) is 0.367. The summed E-state index contributed by atoms with van der Waals surface area (Å²) in [6.45, 7) is 4.28. The summed E-state index contributed by atoms with van der Waals surface area (Å²) >= 11 is 0. The van der Waals surface area contributed by atoms with Gasteiger partial charge in [-0.2, -0.15) is 17.5 Å². The number of halogens is 3. The van der Waals surface area contributed by atoms with Gasteiger partial charge in [-0.05, 0) is 72.1 Å². The van der Waals surface area contributed by atoms with Crippen molar-refractivity contribution in [2.45, 2.75) is 37.4 Å². The molecule has 0 aliphatic carbocycles. The van der Waals surface area contributed by atoms with Gasteiger partial charge in [-0.1, -0.05) is 19.9 Å². The molecule has 1 aliphatic rings. The molecule has 0 aromatic heterocycles. The number of ether oxygens (including phenoxy) is 3. The fourth-order valence-electron chi connectivity index (χ4n) is 5.04. The van der Waals surface area contributed by atoms with Gasteiger partial charge in [0, 0.05) is 25.2 Å². The number of methoxy groups -OCH3 is 2. The molecule has 0 fully saturated rings. The van der Waals surface area contributed by atoms with Crippen LogP contribution in [0.25, 0.3) is 0 Å². The molecular formula is C30H33F3N2O6S. The lowest BCUT2D eigenvalue weighted by Gasteiger charge is -2.37. The lowest BCUT2D eigenvalue weighted by atomic mass is 9.91. The van der Waals surface area contributed by atoms with E-state index in [2.05, 4.69) is 0 Å². The number of benzene rings is 3. The smallest absolute Gasteiger partial charge is 0.416 e. The second-order valence-electron chi connectivity index (χ2n) is 9.62. The Morgan fingerprint density at radius 1 is 0.976 bits per heavy atom. The van der Waals surface area contributed by atoms with Crippen molar-refractivity contribution < 1.29 is 40.6 Å². The van der Waals surface area contributed by atoms with Gasteiger partial charge in [0.2, 0.25) is 10.0 Å². The number of carbonyl (C=O) groups is 1. The van der Waals surface area contributed by atoms with Crippen LogP contribution in [-0.2, 0) is 22.6 Å². The highest BCUT2D eigenvalue weighted by Gasteiger charge is 2.34. The topological polar surface area (TPSA) is 85.4 Å². The molecule has 0 saturated carbocycles. The van der Waals surface area contributed by atoms with Crippen LogP contribution in [0.15, 0.2) is 65.6 Å². The molecule has 3 aromatic rings. The van der Waals surface area contributed by atoms with Crippen molar-refractivity contribution in [1.29, 1.82) is 0 Å². The van der Waals surface area contributed by atoms with E-state index in [0.717, 1.165) is 17.7 Å². The summed E-state index contributed by atoms with van der Waals surface area (Å²) in [5.41, 5.74) is 1.01. The fourth-order valence-corrected chi connectivity index (χ4v) is 6.49. The summed E-state index contributed by atoms with van der Waals surface area (Å²) in [7, 11) is -0.705. The van der Waals surface area contributed by atoms with Crippen molar-refractivity contribution in [1.82, 2.24) is 9.21 Å². The average Bonchev–Trinajstić information content (AvgIpc) is 2.98. The highest BCUT2D eigenvalue weighted by atomic mass is 32.2. The first-order valence-electron chi connectivity index (χ1n) is 13.4. The third-order valence-corrected chi connectivity index (χ3v) is 9.34. The molecule has 1 atom stereocenters. The Morgan fingerprint density at radius 2 is 1.62 bits per heavy atom. The molecule has 8 nitrogen and oxygen atoms in total. The molecule has 0 unspecified atom stereocenters. The zero-order valence-electron chi connectivity index (χ0n) is 23.8. The molecule has 4 rings (SSSR count). The average molecular weight is 607 g/mol. The Hall–Kier alpha value is -3.77. The highest BCUT2D eigenvalue weighted by Crippen LogP contribution is 2.39. The molecule has 12 heteroatoms. The molecule has 226 valence electrons. The predicted molar refractivity (Wildman–Crippen MR) is 151 cm³/mol. The number of rotatable bonds is 10. The first-order chi connectivity index (χ1) is 19.9. The minimum Gasteiger partial charge on any atom is -0.493 e. The molecule has 1 amide bonds. The van der Waals surface area contributed by atoms with Crippen LogP contribution in [0.1, 0.15) is 46.9 Å². The van der Waals surface area contributed by atoms with Gasteiger partial charge in [0.25, 0.3) is 5.91 Å². The Kier molecular flexibility index (Phi) is 9.37. The normalized spacial score (nSPS) is 15.3. The summed E-state index contributed by atoms with van der Waals surface area (Å²) in [5, 5.41) is 0. The lowest BCUT2D eigenvalue weighted by molar-refractivity contribution is -0.137.